The van der Waals surface area contributed by atoms with Gasteiger partial charge in [-0.2, -0.15) is 0 Å². The lowest BCUT2D eigenvalue weighted by atomic mass is 10.1. The van der Waals surface area contributed by atoms with E-state index in [2.05, 4.69) is 4.90 Å². The normalized spacial score (nSPS) is 13.9. The minimum atomic E-state index is -0.126. The molecule has 1 aromatic heterocycles. The number of nitrogens with zero attached hydrogens (tertiary/aromatic N) is 3. The molecule has 0 bridgehead atoms. The van der Waals surface area contributed by atoms with Crippen molar-refractivity contribution in [2.75, 3.05) is 45.9 Å². The maximum absolute atomic E-state index is 13.5. The summed E-state index contributed by atoms with van der Waals surface area (Å²) in [6.07, 6.45) is 2.40. The minimum absolute atomic E-state index is 0.0182. The number of carbonyl (C=O) groups excluding carboxylic acids is 2. The molecular weight excluding hydrogens is 442 g/mol. The minimum Gasteiger partial charge on any atom is -0.467 e. The highest BCUT2D eigenvalue weighted by atomic mass is 16.5. The van der Waals surface area contributed by atoms with Crippen LogP contribution in [0.1, 0.15) is 28.1 Å². The van der Waals surface area contributed by atoms with Crippen LogP contribution < -0.4 is 0 Å². The molecule has 0 unspecified atom stereocenters. The molecule has 1 aliphatic rings. The standard InChI is InChI=1S/C28H33N3O4/c32-27(31(22-26-13-7-18-35-26)21-24-9-3-1-4-10-24)23-30(28(33)25-11-5-2-6-12-25)15-8-14-29-16-19-34-20-17-29/h1-7,9-13,18H,8,14-17,19-23H2. The van der Waals surface area contributed by atoms with E-state index in [-0.39, 0.29) is 18.4 Å². The summed E-state index contributed by atoms with van der Waals surface area (Å²) in [5.74, 6) is 0.474. The Labute approximate surface area is 206 Å². The summed E-state index contributed by atoms with van der Waals surface area (Å²) in [5, 5.41) is 0. The second-order valence-corrected chi connectivity index (χ2v) is 8.72. The zero-order valence-electron chi connectivity index (χ0n) is 20.1. The number of furan rings is 1. The maximum Gasteiger partial charge on any atom is 0.254 e. The molecule has 0 N–H and O–H groups in total. The number of rotatable bonds is 11. The Bertz CT molecular complexity index is 1030. The fraction of sp³-hybridized carbons (Fsp3) is 0.357. The zero-order chi connectivity index (χ0) is 24.3. The zero-order valence-corrected chi connectivity index (χ0v) is 20.1. The number of hydrogen-bond donors (Lipinski definition) is 0. The molecule has 0 saturated carbocycles. The van der Waals surface area contributed by atoms with Gasteiger partial charge in [0.25, 0.3) is 5.91 Å². The van der Waals surface area contributed by atoms with Crippen LogP contribution in [0.25, 0.3) is 0 Å². The van der Waals surface area contributed by atoms with Gasteiger partial charge in [-0.3, -0.25) is 14.5 Å². The van der Waals surface area contributed by atoms with Crippen LogP contribution in [-0.4, -0.2) is 72.5 Å². The van der Waals surface area contributed by atoms with Crippen molar-refractivity contribution < 1.29 is 18.7 Å². The van der Waals surface area contributed by atoms with Gasteiger partial charge in [-0.05, 0) is 36.2 Å². The largest absolute Gasteiger partial charge is 0.467 e. The first-order valence-corrected chi connectivity index (χ1v) is 12.2. The van der Waals surface area contributed by atoms with Crippen molar-refractivity contribution in [1.82, 2.24) is 14.7 Å². The Morgan fingerprint density at radius 3 is 2.23 bits per heavy atom. The second kappa shape index (κ2) is 12.9. The van der Waals surface area contributed by atoms with Gasteiger partial charge in [0.1, 0.15) is 12.3 Å². The van der Waals surface area contributed by atoms with Gasteiger partial charge in [0.15, 0.2) is 0 Å². The molecule has 0 spiro atoms. The van der Waals surface area contributed by atoms with Crippen molar-refractivity contribution in [2.45, 2.75) is 19.5 Å². The molecule has 1 saturated heterocycles. The van der Waals surface area contributed by atoms with Gasteiger partial charge in [-0.1, -0.05) is 48.5 Å². The van der Waals surface area contributed by atoms with Crippen LogP contribution in [0, 0.1) is 0 Å². The van der Waals surface area contributed by atoms with Crippen molar-refractivity contribution in [3.63, 3.8) is 0 Å². The smallest absolute Gasteiger partial charge is 0.254 e. The van der Waals surface area contributed by atoms with E-state index in [0.717, 1.165) is 44.8 Å². The molecule has 0 atom stereocenters. The lowest BCUT2D eigenvalue weighted by Gasteiger charge is -2.30. The van der Waals surface area contributed by atoms with Gasteiger partial charge < -0.3 is 19.0 Å². The molecule has 0 aliphatic carbocycles. The van der Waals surface area contributed by atoms with E-state index in [1.807, 2.05) is 60.7 Å². The van der Waals surface area contributed by atoms with Crippen LogP contribution in [0.4, 0.5) is 0 Å². The van der Waals surface area contributed by atoms with Gasteiger partial charge in [0, 0.05) is 38.3 Å². The number of benzene rings is 2. The summed E-state index contributed by atoms with van der Waals surface area (Å²) in [6.45, 7) is 5.48. The van der Waals surface area contributed by atoms with E-state index in [1.165, 1.54) is 0 Å². The number of amides is 2. The van der Waals surface area contributed by atoms with Crippen molar-refractivity contribution in [3.8, 4) is 0 Å². The van der Waals surface area contributed by atoms with Crippen LogP contribution >= 0.6 is 0 Å². The van der Waals surface area contributed by atoms with Gasteiger partial charge >= 0.3 is 0 Å². The molecule has 7 nitrogen and oxygen atoms in total. The SMILES string of the molecule is O=C(CN(CCCN1CCOCC1)C(=O)c1ccccc1)N(Cc1ccccc1)Cc1ccco1. The molecular formula is C28H33N3O4. The summed E-state index contributed by atoms with van der Waals surface area (Å²) in [4.78, 5) is 32.7. The molecule has 184 valence electrons. The molecule has 3 aromatic rings. The molecule has 2 amide bonds. The maximum atomic E-state index is 13.5. The fourth-order valence-corrected chi connectivity index (χ4v) is 4.22. The van der Waals surface area contributed by atoms with Crippen LogP contribution in [-0.2, 0) is 22.6 Å². The molecule has 1 fully saturated rings. The first-order chi connectivity index (χ1) is 17.2. The van der Waals surface area contributed by atoms with E-state index in [9.17, 15) is 9.59 Å². The summed E-state index contributed by atoms with van der Waals surface area (Å²) in [7, 11) is 0. The van der Waals surface area contributed by atoms with Crippen molar-refractivity contribution in [3.05, 3.63) is 95.9 Å². The quantitative estimate of drug-likeness (QED) is 0.423. The average molecular weight is 476 g/mol. The van der Waals surface area contributed by atoms with Crippen LogP contribution in [0.5, 0.6) is 0 Å². The Kier molecular flexibility index (Phi) is 9.09. The van der Waals surface area contributed by atoms with Crippen LogP contribution in [0.15, 0.2) is 83.5 Å². The highest BCUT2D eigenvalue weighted by molar-refractivity contribution is 5.96. The summed E-state index contributed by atoms with van der Waals surface area (Å²) < 4.78 is 10.9. The third-order valence-corrected chi connectivity index (χ3v) is 6.14. The Balaban J connectivity index is 1.46. The van der Waals surface area contributed by atoms with Crippen LogP contribution in [0.3, 0.4) is 0 Å². The van der Waals surface area contributed by atoms with E-state index >= 15 is 0 Å². The molecule has 2 aromatic carbocycles. The van der Waals surface area contributed by atoms with E-state index in [0.29, 0.717) is 31.0 Å². The highest BCUT2D eigenvalue weighted by Crippen LogP contribution is 2.13. The first-order valence-electron chi connectivity index (χ1n) is 12.2. The van der Waals surface area contributed by atoms with Gasteiger partial charge in [0.2, 0.25) is 5.91 Å². The van der Waals surface area contributed by atoms with Gasteiger partial charge in [0.05, 0.1) is 26.0 Å². The van der Waals surface area contributed by atoms with Gasteiger partial charge in [-0.15, -0.1) is 0 Å². The molecule has 4 rings (SSSR count). The van der Waals surface area contributed by atoms with E-state index in [4.69, 9.17) is 9.15 Å². The summed E-state index contributed by atoms with van der Waals surface area (Å²) in [5.41, 5.74) is 1.62. The average Bonchev–Trinajstić information content (AvgIpc) is 3.42. The molecule has 35 heavy (non-hydrogen) atoms. The molecule has 2 heterocycles. The topological polar surface area (TPSA) is 66.2 Å². The third kappa shape index (κ3) is 7.53. The Morgan fingerprint density at radius 1 is 0.829 bits per heavy atom. The monoisotopic (exact) mass is 475 g/mol. The molecule has 7 heteroatoms. The Hall–Kier alpha value is -3.42. The van der Waals surface area contributed by atoms with Crippen molar-refractivity contribution in [2.24, 2.45) is 0 Å². The summed E-state index contributed by atoms with van der Waals surface area (Å²) >= 11 is 0. The fourth-order valence-electron chi connectivity index (χ4n) is 4.22. The van der Waals surface area contributed by atoms with Crippen LogP contribution in [0.2, 0.25) is 0 Å². The lowest BCUT2D eigenvalue weighted by molar-refractivity contribution is -0.133. The first kappa shape index (κ1) is 24.7. The Morgan fingerprint density at radius 2 is 1.54 bits per heavy atom. The van der Waals surface area contributed by atoms with Crippen molar-refractivity contribution in [1.29, 1.82) is 0 Å². The number of carbonyl (C=O) groups is 2. The van der Waals surface area contributed by atoms with Crippen molar-refractivity contribution >= 4 is 11.8 Å². The number of hydrogen-bond acceptors (Lipinski definition) is 5. The lowest BCUT2D eigenvalue weighted by Crippen LogP contribution is -2.44. The molecule has 1 aliphatic heterocycles. The number of ether oxygens (including phenoxy) is 1. The predicted octanol–water partition coefficient (Wildman–Crippen LogP) is 3.67. The van der Waals surface area contributed by atoms with E-state index in [1.54, 1.807) is 28.2 Å². The van der Waals surface area contributed by atoms with E-state index < -0.39 is 0 Å². The third-order valence-electron chi connectivity index (χ3n) is 6.14. The van der Waals surface area contributed by atoms with Gasteiger partial charge in [-0.25, -0.2) is 0 Å². The second-order valence-electron chi connectivity index (χ2n) is 8.72. The molecule has 0 radical (unpaired) electrons. The highest BCUT2D eigenvalue weighted by Gasteiger charge is 2.23. The number of morpholine rings is 1. The summed E-state index contributed by atoms with van der Waals surface area (Å²) in [6, 6.07) is 22.7. The predicted molar refractivity (Wildman–Crippen MR) is 134 cm³/mol.